The van der Waals surface area contributed by atoms with Crippen LogP contribution in [0.3, 0.4) is 0 Å². The molecule has 0 fully saturated rings. The van der Waals surface area contributed by atoms with Crippen molar-refractivity contribution in [3.05, 3.63) is 95.6 Å². The molecule has 0 saturated heterocycles. The molecule has 1 aromatic heterocycles. The zero-order valence-corrected chi connectivity index (χ0v) is 16.9. The van der Waals surface area contributed by atoms with Gasteiger partial charge in [0.25, 0.3) is 0 Å². The van der Waals surface area contributed by atoms with Gasteiger partial charge in [-0.3, -0.25) is 0 Å². The molecule has 0 saturated carbocycles. The van der Waals surface area contributed by atoms with Gasteiger partial charge in [0.15, 0.2) is 0 Å². The van der Waals surface area contributed by atoms with Gasteiger partial charge in [-0.25, -0.2) is 4.98 Å². The third-order valence-electron chi connectivity index (χ3n) is 4.95. The van der Waals surface area contributed by atoms with Gasteiger partial charge < -0.3 is 10.5 Å². The third kappa shape index (κ3) is 3.87. The second-order valence-corrected chi connectivity index (χ2v) is 7.19. The molecule has 0 atom stereocenters. The van der Waals surface area contributed by atoms with E-state index in [1.165, 1.54) is 0 Å². The minimum atomic E-state index is 0.222. The van der Waals surface area contributed by atoms with E-state index in [0.717, 1.165) is 39.3 Å². The number of hydrogen-bond donors (Lipinski definition) is 1. The van der Waals surface area contributed by atoms with Crippen LogP contribution in [0.2, 0.25) is 0 Å². The molecule has 4 aromatic rings. The summed E-state index contributed by atoms with van der Waals surface area (Å²) in [4.78, 5) is 4.52. The minimum absolute atomic E-state index is 0.222. The lowest BCUT2D eigenvalue weighted by Crippen LogP contribution is -2.00. The molecule has 0 spiro atoms. The zero-order chi connectivity index (χ0) is 21.1. The van der Waals surface area contributed by atoms with Crippen molar-refractivity contribution >= 4 is 5.82 Å². The number of nitrogen functional groups attached to an aromatic ring is 1. The number of anilines is 1. The number of ether oxygens (including phenoxy) is 1. The van der Waals surface area contributed by atoms with E-state index in [9.17, 15) is 5.26 Å². The van der Waals surface area contributed by atoms with Crippen LogP contribution in [0.25, 0.3) is 22.4 Å². The van der Waals surface area contributed by atoms with E-state index in [2.05, 4.69) is 29.3 Å². The van der Waals surface area contributed by atoms with Crippen LogP contribution in [-0.4, -0.2) is 4.98 Å². The Morgan fingerprint density at radius 2 is 1.60 bits per heavy atom. The van der Waals surface area contributed by atoms with Crippen molar-refractivity contribution in [1.82, 2.24) is 4.98 Å². The Morgan fingerprint density at radius 3 is 2.37 bits per heavy atom. The molecular weight excluding hydrogens is 370 g/mol. The van der Waals surface area contributed by atoms with Crippen LogP contribution >= 0.6 is 0 Å². The van der Waals surface area contributed by atoms with E-state index in [0.29, 0.717) is 11.3 Å². The molecular formula is C26H21N3O. The highest BCUT2D eigenvalue weighted by Gasteiger charge is 2.15. The maximum Gasteiger partial charge on any atom is 0.142 e. The monoisotopic (exact) mass is 391 g/mol. The Bertz CT molecular complexity index is 1260. The number of nitrogens with two attached hydrogens (primary N) is 1. The number of benzene rings is 3. The van der Waals surface area contributed by atoms with Crippen LogP contribution in [0.5, 0.6) is 11.5 Å². The van der Waals surface area contributed by atoms with Gasteiger partial charge >= 0.3 is 0 Å². The molecule has 0 aliphatic carbocycles. The standard InChI is InChI=1S/C26H21N3O/c1-17-11-12-18(2)22(13-17)25-15-23(24(16-27)26(28)29-25)19-7-6-10-21(14-19)30-20-8-4-3-5-9-20/h3-15H,1-2H3,(H2,28,29). The first-order valence-corrected chi connectivity index (χ1v) is 9.67. The molecule has 0 aliphatic heterocycles. The summed E-state index contributed by atoms with van der Waals surface area (Å²) in [5, 5.41) is 9.72. The number of rotatable bonds is 4. The summed E-state index contributed by atoms with van der Waals surface area (Å²) in [6.45, 7) is 4.08. The number of hydrogen-bond acceptors (Lipinski definition) is 4. The molecule has 4 rings (SSSR count). The molecule has 0 bridgehead atoms. The zero-order valence-electron chi connectivity index (χ0n) is 16.9. The van der Waals surface area contributed by atoms with Crippen molar-refractivity contribution in [2.75, 3.05) is 5.73 Å². The lowest BCUT2D eigenvalue weighted by molar-refractivity contribution is 0.483. The number of nitriles is 1. The predicted molar refractivity (Wildman–Crippen MR) is 120 cm³/mol. The van der Waals surface area contributed by atoms with Crippen molar-refractivity contribution in [2.24, 2.45) is 0 Å². The van der Waals surface area contributed by atoms with Crippen LogP contribution in [0.15, 0.2) is 78.9 Å². The molecule has 4 nitrogen and oxygen atoms in total. The summed E-state index contributed by atoms with van der Waals surface area (Å²) in [5.41, 5.74) is 12.1. The maximum atomic E-state index is 9.72. The second-order valence-electron chi connectivity index (χ2n) is 7.19. The van der Waals surface area contributed by atoms with E-state index >= 15 is 0 Å². The van der Waals surface area contributed by atoms with Crippen molar-refractivity contribution < 1.29 is 4.74 Å². The summed E-state index contributed by atoms with van der Waals surface area (Å²) in [6, 6.07) is 27.6. The van der Waals surface area contributed by atoms with Crippen LogP contribution in [0, 0.1) is 25.2 Å². The molecule has 0 radical (unpaired) electrons. The topological polar surface area (TPSA) is 71.9 Å². The molecule has 0 aliphatic rings. The summed E-state index contributed by atoms with van der Waals surface area (Å²) in [5.74, 6) is 1.66. The Morgan fingerprint density at radius 1 is 0.833 bits per heavy atom. The molecule has 1 heterocycles. The molecule has 3 aromatic carbocycles. The Labute approximate surface area is 176 Å². The highest BCUT2D eigenvalue weighted by Crippen LogP contribution is 2.34. The normalized spacial score (nSPS) is 10.4. The second kappa shape index (κ2) is 8.10. The van der Waals surface area contributed by atoms with E-state index < -0.39 is 0 Å². The van der Waals surface area contributed by atoms with Gasteiger partial charge in [-0.1, -0.05) is 48.0 Å². The molecule has 2 N–H and O–H groups in total. The number of aromatic nitrogens is 1. The number of pyridine rings is 1. The highest BCUT2D eigenvalue weighted by atomic mass is 16.5. The smallest absolute Gasteiger partial charge is 0.142 e. The van der Waals surface area contributed by atoms with Crippen molar-refractivity contribution in [3.8, 4) is 40.0 Å². The van der Waals surface area contributed by atoms with E-state index in [-0.39, 0.29) is 5.82 Å². The third-order valence-corrected chi connectivity index (χ3v) is 4.95. The molecule has 146 valence electrons. The lowest BCUT2D eigenvalue weighted by atomic mass is 9.96. The Hall–Kier alpha value is -4.10. The fourth-order valence-corrected chi connectivity index (χ4v) is 3.41. The van der Waals surface area contributed by atoms with E-state index in [1.807, 2.05) is 74.5 Å². The fraction of sp³-hybridized carbons (Fsp3) is 0.0769. The molecule has 4 heteroatoms. The van der Waals surface area contributed by atoms with Gasteiger partial charge in [0.1, 0.15) is 28.9 Å². The largest absolute Gasteiger partial charge is 0.457 e. The summed E-state index contributed by atoms with van der Waals surface area (Å²) in [6.07, 6.45) is 0. The first-order chi connectivity index (χ1) is 14.5. The maximum absolute atomic E-state index is 9.72. The predicted octanol–water partition coefficient (Wildman–Crippen LogP) is 6.28. The number of aryl methyl sites for hydroxylation is 2. The minimum Gasteiger partial charge on any atom is -0.457 e. The van der Waals surface area contributed by atoms with Gasteiger partial charge in [0.05, 0.1) is 5.69 Å². The van der Waals surface area contributed by atoms with Crippen LogP contribution in [0.4, 0.5) is 5.82 Å². The molecule has 0 unspecified atom stereocenters. The Kier molecular flexibility index (Phi) is 5.19. The SMILES string of the molecule is Cc1ccc(C)c(-c2cc(-c3cccc(Oc4ccccc4)c3)c(C#N)c(N)n2)c1. The van der Waals surface area contributed by atoms with Crippen LogP contribution < -0.4 is 10.5 Å². The van der Waals surface area contributed by atoms with Crippen molar-refractivity contribution in [2.45, 2.75) is 13.8 Å². The summed E-state index contributed by atoms with van der Waals surface area (Å²) >= 11 is 0. The van der Waals surface area contributed by atoms with E-state index in [4.69, 9.17) is 10.5 Å². The highest BCUT2D eigenvalue weighted by molar-refractivity contribution is 5.81. The van der Waals surface area contributed by atoms with Gasteiger partial charge in [0, 0.05) is 11.1 Å². The fourth-order valence-electron chi connectivity index (χ4n) is 3.41. The van der Waals surface area contributed by atoms with Crippen LogP contribution in [-0.2, 0) is 0 Å². The summed E-state index contributed by atoms with van der Waals surface area (Å²) in [7, 11) is 0. The average molecular weight is 391 g/mol. The van der Waals surface area contributed by atoms with Gasteiger partial charge in [-0.15, -0.1) is 0 Å². The molecule has 0 amide bonds. The number of para-hydroxylation sites is 1. The van der Waals surface area contributed by atoms with E-state index in [1.54, 1.807) is 0 Å². The van der Waals surface area contributed by atoms with Crippen LogP contribution in [0.1, 0.15) is 16.7 Å². The van der Waals surface area contributed by atoms with Crippen molar-refractivity contribution in [3.63, 3.8) is 0 Å². The van der Waals surface area contributed by atoms with Gasteiger partial charge in [-0.05, 0) is 61.4 Å². The average Bonchev–Trinajstić information content (AvgIpc) is 2.76. The first-order valence-electron chi connectivity index (χ1n) is 9.67. The lowest BCUT2D eigenvalue weighted by Gasteiger charge is -2.13. The van der Waals surface area contributed by atoms with Gasteiger partial charge in [0.2, 0.25) is 0 Å². The quantitative estimate of drug-likeness (QED) is 0.444. The Balaban J connectivity index is 1.82. The van der Waals surface area contributed by atoms with Crippen molar-refractivity contribution in [1.29, 1.82) is 5.26 Å². The number of nitrogens with zero attached hydrogens (tertiary/aromatic N) is 2. The first kappa shape index (κ1) is 19.2. The summed E-state index contributed by atoms with van der Waals surface area (Å²) < 4.78 is 5.96. The molecule has 30 heavy (non-hydrogen) atoms. The van der Waals surface area contributed by atoms with Gasteiger partial charge in [-0.2, -0.15) is 5.26 Å².